The lowest BCUT2D eigenvalue weighted by Crippen LogP contribution is -2.29. The van der Waals surface area contributed by atoms with Crippen LogP contribution < -0.4 is 9.03 Å². The van der Waals surface area contributed by atoms with Gasteiger partial charge in [0.05, 0.1) is 15.5 Å². The third kappa shape index (κ3) is 3.56. The first-order valence-electron chi connectivity index (χ1n) is 7.61. The smallest absolute Gasteiger partial charge is 0.264 e. The molecule has 0 radical (unpaired) electrons. The van der Waals surface area contributed by atoms with Gasteiger partial charge in [-0.25, -0.2) is 21.6 Å². The van der Waals surface area contributed by atoms with Crippen molar-refractivity contribution in [2.45, 2.75) is 30.6 Å². The molecule has 25 heavy (non-hydrogen) atoms. The van der Waals surface area contributed by atoms with Crippen LogP contribution in [0.2, 0.25) is 0 Å². The molecule has 136 valence electrons. The molecule has 0 unspecified atom stereocenters. The fourth-order valence-corrected chi connectivity index (χ4v) is 4.98. The van der Waals surface area contributed by atoms with Crippen molar-refractivity contribution >= 4 is 25.7 Å². The molecule has 1 N–H and O–H groups in total. The van der Waals surface area contributed by atoms with Crippen LogP contribution in [0.3, 0.4) is 0 Å². The molecule has 6 nitrogen and oxygen atoms in total. The first-order valence-corrected chi connectivity index (χ1v) is 10.5. The van der Waals surface area contributed by atoms with E-state index in [4.69, 9.17) is 0 Å². The maximum absolute atomic E-state index is 12.9. The second-order valence-electron chi connectivity index (χ2n) is 5.85. The predicted molar refractivity (Wildman–Crippen MR) is 98.9 cm³/mol. The highest BCUT2D eigenvalue weighted by Crippen LogP contribution is 2.32. The Morgan fingerprint density at radius 3 is 1.96 bits per heavy atom. The summed E-state index contributed by atoms with van der Waals surface area (Å²) in [6.45, 7) is 5.23. The lowest BCUT2D eigenvalue weighted by molar-refractivity contribution is 0.586. The van der Waals surface area contributed by atoms with Gasteiger partial charge in [0.15, 0.2) is 0 Å². The van der Waals surface area contributed by atoms with E-state index < -0.39 is 20.0 Å². The molecule has 0 aliphatic heterocycles. The summed E-state index contributed by atoms with van der Waals surface area (Å²) in [5.41, 5.74) is 2.37. The maximum atomic E-state index is 12.9. The minimum Gasteiger partial charge on any atom is -0.269 e. The number of sulfonamides is 2. The van der Waals surface area contributed by atoms with Crippen LogP contribution in [0.1, 0.15) is 16.7 Å². The van der Waals surface area contributed by atoms with Crippen molar-refractivity contribution in [2.24, 2.45) is 0 Å². The SMILES string of the molecule is CNS(=O)(=O)c1ccc(C)c(N(C)S(=O)(=O)c2ccc(C)cc2)c1C. The number of hydrogen-bond acceptors (Lipinski definition) is 4. The third-order valence-corrected chi connectivity index (χ3v) is 7.47. The predicted octanol–water partition coefficient (Wildman–Crippen LogP) is 2.35. The van der Waals surface area contributed by atoms with Crippen molar-refractivity contribution in [1.82, 2.24) is 4.72 Å². The molecule has 0 saturated heterocycles. The number of rotatable bonds is 5. The van der Waals surface area contributed by atoms with Gasteiger partial charge >= 0.3 is 0 Å². The Morgan fingerprint density at radius 2 is 1.44 bits per heavy atom. The van der Waals surface area contributed by atoms with Crippen LogP contribution in [-0.4, -0.2) is 30.9 Å². The van der Waals surface area contributed by atoms with Crippen LogP contribution in [0.4, 0.5) is 5.69 Å². The first-order chi connectivity index (χ1) is 11.5. The largest absolute Gasteiger partial charge is 0.269 e. The van der Waals surface area contributed by atoms with Gasteiger partial charge in [-0.1, -0.05) is 23.8 Å². The lowest BCUT2D eigenvalue weighted by Gasteiger charge is -2.25. The molecular weight excluding hydrogens is 360 g/mol. The van der Waals surface area contributed by atoms with Gasteiger partial charge < -0.3 is 0 Å². The van der Waals surface area contributed by atoms with Crippen molar-refractivity contribution in [3.8, 4) is 0 Å². The van der Waals surface area contributed by atoms with Crippen LogP contribution in [0.5, 0.6) is 0 Å². The molecule has 2 aromatic carbocycles. The fourth-order valence-electron chi connectivity index (χ4n) is 2.69. The summed E-state index contributed by atoms with van der Waals surface area (Å²) >= 11 is 0. The molecule has 0 atom stereocenters. The molecule has 0 aliphatic rings. The van der Waals surface area contributed by atoms with Gasteiger partial charge in [-0.3, -0.25) is 4.31 Å². The Morgan fingerprint density at radius 1 is 0.880 bits per heavy atom. The van der Waals surface area contributed by atoms with Crippen molar-refractivity contribution < 1.29 is 16.8 Å². The summed E-state index contributed by atoms with van der Waals surface area (Å²) in [5, 5.41) is 0. The minimum atomic E-state index is -3.80. The van der Waals surface area contributed by atoms with Gasteiger partial charge in [0.25, 0.3) is 10.0 Å². The van der Waals surface area contributed by atoms with E-state index in [9.17, 15) is 16.8 Å². The van der Waals surface area contributed by atoms with Gasteiger partial charge in [0, 0.05) is 7.05 Å². The molecule has 0 amide bonds. The van der Waals surface area contributed by atoms with E-state index in [1.165, 1.54) is 20.2 Å². The summed E-state index contributed by atoms with van der Waals surface area (Å²) in [6, 6.07) is 9.62. The highest BCUT2D eigenvalue weighted by atomic mass is 32.2. The van der Waals surface area contributed by atoms with Crippen molar-refractivity contribution in [3.05, 3.63) is 53.1 Å². The summed E-state index contributed by atoms with van der Waals surface area (Å²) in [6.07, 6.45) is 0. The van der Waals surface area contributed by atoms with E-state index in [1.54, 1.807) is 44.2 Å². The number of nitrogens with zero attached hydrogens (tertiary/aromatic N) is 1. The second kappa shape index (κ2) is 6.78. The Labute approximate surface area is 149 Å². The summed E-state index contributed by atoms with van der Waals surface area (Å²) < 4.78 is 53.7. The zero-order chi connectivity index (χ0) is 19.0. The highest BCUT2D eigenvalue weighted by Gasteiger charge is 2.27. The molecule has 8 heteroatoms. The second-order valence-corrected chi connectivity index (χ2v) is 9.67. The Hall–Kier alpha value is -1.90. The fraction of sp³-hybridized carbons (Fsp3) is 0.294. The van der Waals surface area contributed by atoms with Gasteiger partial charge in [0.2, 0.25) is 10.0 Å². The maximum Gasteiger partial charge on any atom is 0.264 e. The van der Waals surface area contributed by atoms with Gasteiger partial charge in [0.1, 0.15) is 0 Å². The molecule has 0 fully saturated rings. The molecule has 0 saturated carbocycles. The average Bonchev–Trinajstić information content (AvgIpc) is 2.54. The van der Waals surface area contributed by atoms with Crippen LogP contribution in [0, 0.1) is 20.8 Å². The van der Waals surface area contributed by atoms with Crippen LogP contribution >= 0.6 is 0 Å². The van der Waals surface area contributed by atoms with Crippen LogP contribution in [0.25, 0.3) is 0 Å². The quantitative estimate of drug-likeness (QED) is 0.860. The molecule has 0 aliphatic carbocycles. The van der Waals surface area contributed by atoms with E-state index >= 15 is 0 Å². The number of aryl methyl sites for hydroxylation is 2. The molecule has 0 spiro atoms. The van der Waals surface area contributed by atoms with E-state index in [2.05, 4.69) is 4.72 Å². The average molecular weight is 383 g/mol. The van der Waals surface area contributed by atoms with Gasteiger partial charge in [-0.05, 0) is 57.1 Å². The van der Waals surface area contributed by atoms with Crippen molar-refractivity contribution in [2.75, 3.05) is 18.4 Å². The molecular formula is C17H22N2O4S2. The van der Waals surface area contributed by atoms with Crippen LogP contribution in [-0.2, 0) is 20.0 Å². The van der Waals surface area contributed by atoms with Crippen molar-refractivity contribution in [1.29, 1.82) is 0 Å². The monoisotopic (exact) mass is 382 g/mol. The van der Waals surface area contributed by atoms with E-state index in [1.807, 2.05) is 6.92 Å². The minimum absolute atomic E-state index is 0.0570. The first kappa shape index (κ1) is 19.4. The normalized spacial score (nSPS) is 12.2. The third-order valence-electron chi connectivity index (χ3n) is 4.14. The van der Waals surface area contributed by atoms with Gasteiger partial charge in [-0.15, -0.1) is 0 Å². The van der Waals surface area contributed by atoms with E-state index in [-0.39, 0.29) is 9.79 Å². The highest BCUT2D eigenvalue weighted by molar-refractivity contribution is 7.92. The van der Waals surface area contributed by atoms with E-state index in [0.717, 1.165) is 9.87 Å². The molecule has 2 aromatic rings. The summed E-state index contributed by atoms with van der Waals surface area (Å²) in [5.74, 6) is 0. The van der Waals surface area contributed by atoms with E-state index in [0.29, 0.717) is 16.8 Å². The van der Waals surface area contributed by atoms with Crippen molar-refractivity contribution in [3.63, 3.8) is 0 Å². The summed E-state index contributed by atoms with van der Waals surface area (Å²) in [4.78, 5) is 0.211. The lowest BCUT2D eigenvalue weighted by atomic mass is 10.1. The summed E-state index contributed by atoms with van der Waals surface area (Å²) in [7, 11) is -4.74. The topological polar surface area (TPSA) is 83.6 Å². The number of anilines is 1. The Bertz CT molecular complexity index is 996. The molecule has 0 bridgehead atoms. The Kier molecular flexibility index (Phi) is 5.27. The zero-order valence-corrected chi connectivity index (χ0v) is 16.5. The standard InChI is InChI=1S/C17H22N2O4S2/c1-12-6-9-15(10-7-12)25(22,23)19(5)17-13(2)8-11-16(14(17)3)24(20,21)18-4/h6-11,18H,1-5H3. The number of nitrogens with one attached hydrogen (secondary N) is 1. The molecule has 2 rings (SSSR count). The van der Waals surface area contributed by atoms with Gasteiger partial charge in [-0.2, -0.15) is 0 Å². The zero-order valence-electron chi connectivity index (χ0n) is 14.9. The van der Waals surface area contributed by atoms with Crippen LogP contribution in [0.15, 0.2) is 46.2 Å². The Balaban J connectivity index is 2.65. The molecule has 0 heterocycles. The number of hydrogen-bond donors (Lipinski definition) is 1. The molecule has 0 aromatic heterocycles. The number of benzene rings is 2.